The summed E-state index contributed by atoms with van der Waals surface area (Å²) in [6, 6.07) is 2.80. The van der Waals surface area contributed by atoms with Gasteiger partial charge in [0.15, 0.2) is 0 Å². The maximum Gasteiger partial charge on any atom is 0.319 e. The number of amides is 1. The molecule has 2 rings (SSSR count). The summed E-state index contributed by atoms with van der Waals surface area (Å²) in [6.45, 7) is 0.350. The zero-order chi connectivity index (χ0) is 14.0. The van der Waals surface area contributed by atoms with E-state index >= 15 is 0 Å². The minimum Gasteiger partial charge on any atom is -0.424 e. The van der Waals surface area contributed by atoms with E-state index in [1.807, 2.05) is 0 Å². The van der Waals surface area contributed by atoms with Crippen molar-refractivity contribution in [1.29, 1.82) is 0 Å². The lowest BCUT2D eigenvalue weighted by Gasteiger charge is -2.09. The van der Waals surface area contributed by atoms with Crippen LogP contribution in [0.15, 0.2) is 16.5 Å². The van der Waals surface area contributed by atoms with Crippen molar-refractivity contribution < 1.29 is 18.0 Å². The molecule has 8 heteroatoms. The zero-order valence-corrected chi connectivity index (χ0v) is 10.4. The van der Waals surface area contributed by atoms with Crippen LogP contribution in [-0.2, 0) is 6.54 Å². The monoisotopic (exact) mass is 270 g/mol. The minimum atomic E-state index is -2.76. The Morgan fingerprint density at radius 3 is 2.74 bits per heavy atom. The van der Waals surface area contributed by atoms with E-state index in [0.717, 1.165) is 0 Å². The van der Waals surface area contributed by atoms with Crippen LogP contribution in [0.4, 0.5) is 8.78 Å². The largest absolute Gasteiger partial charge is 0.424 e. The van der Waals surface area contributed by atoms with E-state index in [-0.39, 0.29) is 18.1 Å². The number of hydrogen-bond donors (Lipinski definition) is 1. The molecule has 0 spiro atoms. The molecule has 0 aliphatic carbocycles. The van der Waals surface area contributed by atoms with E-state index in [1.54, 1.807) is 6.92 Å². The Kier molecular flexibility index (Phi) is 3.59. The molecule has 19 heavy (non-hydrogen) atoms. The van der Waals surface area contributed by atoms with Crippen molar-refractivity contribution in [2.45, 2.75) is 26.9 Å². The highest BCUT2D eigenvalue weighted by atomic mass is 19.3. The predicted octanol–water partition coefficient (Wildman–Crippen LogP) is 1.81. The third kappa shape index (κ3) is 2.78. The van der Waals surface area contributed by atoms with Gasteiger partial charge in [-0.2, -0.15) is 8.78 Å². The van der Waals surface area contributed by atoms with Crippen LogP contribution in [0.2, 0.25) is 0 Å². The third-order valence-electron chi connectivity index (χ3n) is 2.52. The molecule has 0 atom stereocenters. The van der Waals surface area contributed by atoms with Gasteiger partial charge < -0.3 is 9.73 Å². The van der Waals surface area contributed by atoms with Gasteiger partial charge in [-0.1, -0.05) is 0 Å². The Hall–Kier alpha value is -2.25. The van der Waals surface area contributed by atoms with Crippen LogP contribution in [0.3, 0.4) is 0 Å². The molecule has 102 valence electrons. The van der Waals surface area contributed by atoms with Gasteiger partial charge in [-0.05, 0) is 19.1 Å². The first-order valence-electron chi connectivity index (χ1n) is 5.52. The molecule has 0 aromatic carbocycles. The van der Waals surface area contributed by atoms with Crippen molar-refractivity contribution in [2.24, 2.45) is 0 Å². The molecule has 0 saturated heterocycles. The van der Waals surface area contributed by atoms with Crippen LogP contribution in [-0.4, -0.2) is 20.7 Å². The van der Waals surface area contributed by atoms with E-state index in [0.29, 0.717) is 16.2 Å². The fraction of sp³-hybridized carbons (Fsp3) is 0.364. The number of nitrogens with zero attached hydrogens (tertiary/aromatic N) is 3. The molecule has 0 bridgehead atoms. The number of rotatable bonds is 4. The summed E-state index contributed by atoms with van der Waals surface area (Å²) < 4.78 is 31.3. The van der Waals surface area contributed by atoms with E-state index in [1.165, 1.54) is 19.1 Å². The first kappa shape index (κ1) is 13.2. The van der Waals surface area contributed by atoms with Gasteiger partial charge in [0.1, 0.15) is 5.69 Å². The van der Waals surface area contributed by atoms with Crippen LogP contribution >= 0.6 is 0 Å². The van der Waals surface area contributed by atoms with Crippen molar-refractivity contribution in [3.63, 3.8) is 0 Å². The van der Waals surface area contributed by atoms with E-state index < -0.39 is 12.5 Å². The average molecular weight is 270 g/mol. The first-order chi connectivity index (χ1) is 8.99. The maximum absolute atomic E-state index is 12.8. The normalized spacial score (nSPS) is 11.0. The molecular formula is C11H12F2N4O2. The number of aromatic nitrogens is 3. The fourth-order valence-corrected chi connectivity index (χ4v) is 1.65. The smallest absolute Gasteiger partial charge is 0.319 e. The molecule has 2 aromatic heterocycles. The Morgan fingerprint density at radius 2 is 2.16 bits per heavy atom. The highest BCUT2D eigenvalue weighted by Gasteiger charge is 2.19. The second kappa shape index (κ2) is 5.17. The van der Waals surface area contributed by atoms with Crippen LogP contribution in [0.1, 0.15) is 34.5 Å². The number of carbonyl (C=O) groups excluding carboxylic acids is 1. The lowest BCUT2D eigenvalue weighted by molar-refractivity contribution is 0.0616. The number of aryl methyl sites for hydroxylation is 2. The summed E-state index contributed by atoms with van der Waals surface area (Å²) in [6.07, 6.45) is 0. The topological polar surface area (TPSA) is 73.0 Å². The highest BCUT2D eigenvalue weighted by Crippen LogP contribution is 2.18. The van der Waals surface area contributed by atoms with Gasteiger partial charge in [0.2, 0.25) is 11.8 Å². The molecule has 2 heterocycles. The van der Waals surface area contributed by atoms with Crippen molar-refractivity contribution in [3.05, 3.63) is 35.3 Å². The zero-order valence-electron chi connectivity index (χ0n) is 10.4. The molecule has 0 unspecified atom stereocenters. The van der Waals surface area contributed by atoms with Crippen LogP contribution in [0.25, 0.3) is 0 Å². The second-order valence-corrected chi connectivity index (χ2v) is 3.91. The first-order valence-corrected chi connectivity index (χ1v) is 5.52. The van der Waals surface area contributed by atoms with Crippen molar-refractivity contribution in [1.82, 2.24) is 20.1 Å². The number of nitrogens with one attached hydrogen (secondary N) is 1. The summed E-state index contributed by atoms with van der Waals surface area (Å²) >= 11 is 0. The fourth-order valence-electron chi connectivity index (χ4n) is 1.65. The van der Waals surface area contributed by atoms with Gasteiger partial charge in [0.25, 0.3) is 5.91 Å². The molecule has 0 aliphatic heterocycles. The number of carbonyl (C=O) groups is 1. The van der Waals surface area contributed by atoms with Gasteiger partial charge in [-0.25, -0.2) is 0 Å². The molecule has 1 N–H and O–H groups in total. The number of alkyl halides is 2. The molecule has 1 amide bonds. The summed E-state index contributed by atoms with van der Waals surface area (Å²) in [5.41, 5.74) is 0.206. The minimum absolute atomic E-state index is 0.00681. The summed E-state index contributed by atoms with van der Waals surface area (Å²) in [5, 5.41) is 9.73. The Morgan fingerprint density at radius 1 is 1.42 bits per heavy atom. The molecule has 0 fully saturated rings. The molecule has 0 aliphatic rings. The Balaban J connectivity index is 2.08. The third-order valence-corrected chi connectivity index (χ3v) is 2.52. The SMILES string of the molecule is Cc1nnc(CNC(=O)c2ccc(C)n2C(F)F)o1. The standard InChI is InChI=1S/C11H12F2N4O2/c1-6-3-4-8(17(6)11(12)13)10(18)14-5-9-16-15-7(2)19-9/h3-4,11H,5H2,1-2H3,(H,14,18). The van der Waals surface area contributed by atoms with Crippen molar-refractivity contribution in [3.8, 4) is 0 Å². The van der Waals surface area contributed by atoms with Gasteiger partial charge >= 0.3 is 6.55 Å². The van der Waals surface area contributed by atoms with E-state index in [2.05, 4.69) is 15.5 Å². The van der Waals surface area contributed by atoms with Crippen LogP contribution < -0.4 is 5.32 Å². The lowest BCUT2D eigenvalue weighted by Crippen LogP contribution is -2.26. The highest BCUT2D eigenvalue weighted by molar-refractivity contribution is 5.92. The quantitative estimate of drug-likeness (QED) is 0.919. The molecular weight excluding hydrogens is 258 g/mol. The number of hydrogen-bond acceptors (Lipinski definition) is 4. The van der Waals surface area contributed by atoms with E-state index in [4.69, 9.17) is 4.42 Å². The maximum atomic E-state index is 12.8. The van der Waals surface area contributed by atoms with Gasteiger partial charge in [0.05, 0.1) is 6.54 Å². The van der Waals surface area contributed by atoms with E-state index in [9.17, 15) is 13.6 Å². The van der Waals surface area contributed by atoms with Gasteiger partial charge in [-0.3, -0.25) is 9.36 Å². The van der Waals surface area contributed by atoms with Crippen LogP contribution in [0, 0.1) is 13.8 Å². The molecule has 2 aromatic rings. The van der Waals surface area contributed by atoms with Crippen LogP contribution in [0.5, 0.6) is 0 Å². The van der Waals surface area contributed by atoms with Gasteiger partial charge in [-0.15, -0.1) is 10.2 Å². The summed E-state index contributed by atoms with van der Waals surface area (Å²) in [5.74, 6) is -0.0296. The van der Waals surface area contributed by atoms with Gasteiger partial charge in [0, 0.05) is 12.6 Å². The van der Waals surface area contributed by atoms with Crippen molar-refractivity contribution >= 4 is 5.91 Å². The Bertz CT molecular complexity index is 591. The number of halogens is 2. The molecule has 0 saturated carbocycles. The lowest BCUT2D eigenvalue weighted by atomic mass is 10.4. The predicted molar refractivity (Wildman–Crippen MR) is 60.6 cm³/mol. The Labute approximate surface area is 107 Å². The second-order valence-electron chi connectivity index (χ2n) is 3.91. The summed E-state index contributed by atoms with van der Waals surface area (Å²) in [7, 11) is 0. The molecule has 6 nitrogen and oxygen atoms in total. The molecule has 0 radical (unpaired) electrons. The average Bonchev–Trinajstić information content (AvgIpc) is 2.92. The van der Waals surface area contributed by atoms with Crippen molar-refractivity contribution in [2.75, 3.05) is 0 Å². The summed E-state index contributed by atoms with van der Waals surface area (Å²) in [4.78, 5) is 11.8.